The fourth-order valence-corrected chi connectivity index (χ4v) is 2.74. The molecule has 0 amide bonds. The SMILES string of the molecule is COc1ccc2c(c1)OC(=O)C(c1cc[nH]c(=O)c1)C2C. The Kier molecular flexibility index (Phi) is 3.25. The number of nitrogens with one attached hydrogen (secondary N) is 1. The average Bonchev–Trinajstić information content (AvgIpc) is 2.46. The molecule has 21 heavy (non-hydrogen) atoms. The van der Waals surface area contributed by atoms with Gasteiger partial charge in [0.2, 0.25) is 5.56 Å². The van der Waals surface area contributed by atoms with Gasteiger partial charge in [-0.3, -0.25) is 9.59 Å². The average molecular weight is 285 g/mol. The Morgan fingerprint density at radius 1 is 1.19 bits per heavy atom. The van der Waals surface area contributed by atoms with E-state index in [9.17, 15) is 9.59 Å². The van der Waals surface area contributed by atoms with Gasteiger partial charge >= 0.3 is 5.97 Å². The fraction of sp³-hybridized carbons (Fsp3) is 0.250. The molecule has 0 saturated heterocycles. The summed E-state index contributed by atoms with van der Waals surface area (Å²) in [7, 11) is 1.56. The number of benzene rings is 1. The molecule has 1 aliphatic heterocycles. The molecule has 0 fully saturated rings. The molecule has 108 valence electrons. The maximum Gasteiger partial charge on any atom is 0.319 e. The van der Waals surface area contributed by atoms with Crippen LogP contribution in [0.1, 0.15) is 29.9 Å². The van der Waals surface area contributed by atoms with Crippen molar-refractivity contribution in [1.29, 1.82) is 0 Å². The van der Waals surface area contributed by atoms with E-state index in [1.165, 1.54) is 6.07 Å². The van der Waals surface area contributed by atoms with Gasteiger partial charge in [0.1, 0.15) is 11.5 Å². The molecule has 1 aliphatic rings. The maximum atomic E-state index is 12.3. The number of ether oxygens (including phenoxy) is 2. The lowest BCUT2D eigenvalue weighted by Gasteiger charge is -2.29. The third kappa shape index (κ3) is 2.31. The Hall–Kier alpha value is -2.56. The van der Waals surface area contributed by atoms with Crippen LogP contribution in [-0.2, 0) is 4.79 Å². The lowest BCUT2D eigenvalue weighted by molar-refractivity contribution is -0.137. The summed E-state index contributed by atoms with van der Waals surface area (Å²) in [5, 5.41) is 0. The number of H-pyrrole nitrogens is 1. The topological polar surface area (TPSA) is 68.4 Å². The van der Waals surface area contributed by atoms with Crippen molar-refractivity contribution in [2.45, 2.75) is 18.8 Å². The standard InChI is InChI=1S/C16H15NO4/c1-9-12-4-3-11(20-2)8-13(12)21-16(19)15(9)10-5-6-17-14(18)7-10/h3-9,15H,1-2H3,(H,17,18). The molecule has 3 rings (SSSR count). The Bertz CT molecular complexity index is 750. The van der Waals surface area contributed by atoms with Crippen LogP contribution in [0.3, 0.4) is 0 Å². The van der Waals surface area contributed by atoms with E-state index in [1.807, 2.05) is 19.1 Å². The molecule has 2 unspecified atom stereocenters. The molecular weight excluding hydrogens is 270 g/mol. The van der Waals surface area contributed by atoms with Gasteiger partial charge in [-0.1, -0.05) is 13.0 Å². The summed E-state index contributed by atoms with van der Waals surface area (Å²) in [5.41, 5.74) is 1.37. The lowest BCUT2D eigenvalue weighted by atomic mass is 9.81. The maximum absolute atomic E-state index is 12.3. The van der Waals surface area contributed by atoms with Crippen LogP contribution in [0.15, 0.2) is 41.3 Å². The highest BCUT2D eigenvalue weighted by atomic mass is 16.5. The predicted molar refractivity (Wildman–Crippen MR) is 76.8 cm³/mol. The van der Waals surface area contributed by atoms with Crippen molar-refractivity contribution in [3.8, 4) is 11.5 Å². The van der Waals surface area contributed by atoms with E-state index in [-0.39, 0.29) is 17.4 Å². The summed E-state index contributed by atoms with van der Waals surface area (Å²) in [6.07, 6.45) is 1.54. The summed E-state index contributed by atoms with van der Waals surface area (Å²) < 4.78 is 10.6. The summed E-state index contributed by atoms with van der Waals surface area (Å²) >= 11 is 0. The molecule has 0 radical (unpaired) electrons. The van der Waals surface area contributed by atoms with Gasteiger partial charge < -0.3 is 14.5 Å². The van der Waals surface area contributed by atoms with Crippen molar-refractivity contribution in [2.24, 2.45) is 0 Å². The Labute approximate surface area is 121 Å². The van der Waals surface area contributed by atoms with Gasteiger partial charge in [0, 0.05) is 24.2 Å². The second-order valence-electron chi connectivity index (χ2n) is 5.08. The molecule has 5 nitrogen and oxygen atoms in total. The zero-order valence-corrected chi connectivity index (χ0v) is 11.8. The van der Waals surface area contributed by atoms with Crippen molar-refractivity contribution in [3.05, 3.63) is 58.0 Å². The number of hydrogen-bond acceptors (Lipinski definition) is 4. The van der Waals surface area contributed by atoms with E-state index in [0.29, 0.717) is 17.1 Å². The molecule has 2 aromatic rings. The number of aromatic amines is 1. The first-order valence-corrected chi connectivity index (χ1v) is 6.68. The van der Waals surface area contributed by atoms with E-state index in [2.05, 4.69) is 4.98 Å². The number of carbonyl (C=O) groups is 1. The summed E-state index contributed by atoms with van der Waals surface area (Å²) in [6.45, 7) is 1.96. The Morgan fingerprint density at radius 3 is 2.71 bits per heavy atom. The van der Waals surface area contributed by atoms with Gasteiger partial charge in [-0.15, -0.1) is 0 Å². The third-order valence-corrected chi connectivity index (χ3v) is 3.83. The normalized spacial score (nSPS) is 20.6. The van der Waals surface area contributed by atoms with E-state index in [0.717, 1.165) is 5.56 Å². The first-order chi connectivity index (χ1) is 10.1. The van der Waals surface area contributed by atoms with Gasteiger partial charge in [-0.2, -0.15) is 0 Å². The predicted octanol–water partition coefficient (Wildman–Crippen LogP) is 2.19. The molecule has 5 heteroatoms. The van der Waals surface area contributed by atoms with E-state index < -0.39 is 5.92 Å². The quantitative estimate of drug-likeness (QED) is 0.678. The van der Waals surface area contributed by atoms with Crippen LogP contribution in [0, 0.1) is 0 Å². The number of esters is 1. The highest BCUT2D eigenvalue weighted by molar-refractivity contribution is 5.84. The van der Waals surface area contributed by atoms with Crippen LogP contribution < -0.4 is 15.0 Å². The van der Waals surface area contributed by atoms with Crippen LogP contribution in [0.4, 0.5) is 0 Å². The van der Waals surface area contributed by atoms with Crippen LogP contribution in [0.5, 0.6) is 11.5 Å². The van der Waals surface area contributed by atoms with E-state index in [4.69, 9.17) is 9.47 Å². The number of pyridine rings is 1. The number of methoxy groups -OCH3 is 1. The van der Waals surface area contributed by atoms with Crippen molar-refractivity contribution < 1.29 is 14.3 Å². The van der Waals surface area contributed by atoms with Crippen molar-refractivity contribution in [3.63, 3.8) is 0 Å². The number of aromatic nitrogens is 1. The molecule has 0 aliphatic carbocycles. The first kappa shape index (κ1) is 13.4. The Morgan fingerprint density at radius 2 is 2.00 bits per heavy atom. The fourth-order valence-electron chi connectivity index (χ4n) is 2.74. The minimum absolute atomic E-state index is 0.0750. The highest BCUT2D eigenvalue weighted by Crippen LogP contribution is 2.43. The van der Waals surface area contributed by atoms with Gasteiger partial charge in [0.15, 0.2) is 0 Å². The van der Waals surface area contributed by atoms with Gasteiger partial charge in [-0.25, -0.2) is 0 Å². The minimum Gasteiger partial charge on any atom is -0.497 e. The minimum atomic E-state index is -0.479. The zero-order chi connectivity index (χ0) is 15.0. The first-order valence-electron chi connectivity index (χ1n) is 6.68. The summed E-state index contributed by atoms with van der Waals surface area (Å²) in [4.78, 5) is 26.3. The molecule has 2 heterocycles. The van der Waals surface area contributed by atoms with Crippen LogP contribution in [0.25, 0.3) is 0 Å². The van der Waals surface area contributed by atoms with Crippen molar-refractivity contribution >= 4 is 5.97 Å². The second-order valence-corrected chi connectivity index (χ2v) is 5.08. The lowest BCUT2D eigenvalue weighted by Crippen LogP contribution is -2.29. The van der Waals surface area contributed by atoms with E-state index in [1.54, 1.807) is 25.4 Å². The molecular formula is C16H15NO4. The van der Waals surface area contributed by atoms with Crippen LogP contribution in [-0.4, -0.2) is 18.1 Å². The van der Waals surface area contributed by atoms with Crippen molar-refractivity contribution in [2.75, 3.05) is 7.11 Å². The van der Waals surface area contributed by atoms with Gasteiger partial charge in [0.25, 0.3) is 0 Å². The number of carbonyl (C=O) groups excluding carboxylic acids is 1. The monoisotopic (exact) mass is 285 g/mol. The number of fused-ring (bicyclic) bond motifs is 1. The second kappa shape index (κ2) is 5.09. The number of hydrogen-bond donors (Lipinski definition) is 1. The number of rotatable bonds is 2. The molecule has 1 aromatic heterocycles. The molecule has 1 N–H and O–H groups in total. The Balaban J connectivity index is 2.05. The molecule has 2 atom stereocenters. The van der Waals surface area contributed by atoms with Crippen LogP contribution in [0.2, 0.25) is 0 Å². The van der Waals surface area contributed by atoms with Crippen molar-refractivity contribution in [1.82, 2.24) is 4.98 Å². The highest BCUT2D eigenvalue weighted by Gasteiger charge is 2.36. The molecule has 0 bridgehead atoms. The smallest absolute Gasteiger partial charge is 0.319 e. The van der Waals surface area contributed by atoms with Gasteiger partial charge in [0.05, 0.1) is 13.0 Å². The zero-order valence-electron chi connectivity index (χ0n) is 11.8. The third-order valence-electron chi connectivity index (χ3n) is 3.83. The van der Waals surface area contributed by atoms with E-state index >= 15 is 0 Å². The molecule has 0 saturated carbocycles. The summed E-state index contributed by atoms with van der Waals surface area (Å²) in [5.74, 6) is 0.257. The summed E-state index contributed by atoms with van der Waals surface area (Å²) in [6, 6.07) is 8.61. The largest absolute Gasteiger partial charge is 0.497 e. The van der Waals surface area contributed by atoms with Gasteiger partial charge in [-0.05, 0) is 23.3 Å². The molecule has 1 aromatic carbocycles. The molecule has 0 spiro atoms. The van der Waals surface area contributed by atoms with Crippen LogP contribution >= 0.6 is 0 Å².